The Hall–Kier alpha value is -4.18. The number of urea groups is 1. The quantitative estimate of drug-likeness (QED) is 0.403. The molecule has 1 fully saturated rings. The van der Waals surface area contributed by atoms with Crippen molar-refractivity contribution in [2.45, 2.75) is 24.8 Å². The number of hydrogen-bond donors (Lipinski definition) is 2. The normalized spacial score (nSPS) is 19.1. The smallest absolute Gasteiger partial charge is 0.325 e. The summed E-state index contributed by atoms with van der Waals surface area (Å²) in [5, 5.41) is 5.88. The standard InChI is InChI=1S/C25H20N4O5S/c30-19(26-23-27-20(17-9-4-12-33-17)21(35-23)18-10-5-13-34-18)14-29-22(31)25(28-24(29)32)11-3-7-15-6-1-2-8-16(15)25/h1-2,4-6,8-10,12-13H,3,7,11,14H2,(H,28,32)(H,26,27,30). The molecule has 10 heteroatoms. The fourth-order valence-corrected chi connectivity index (χ4v) is 5.74. The van der Waals surface area contributed by atoms with Crippen LogP contribution in [0.25, 0.3) is 22.1 Å². The van der Waals surface area contributed by atoms with E-state index >= 15 is 0 Å². The number of anilines is 1. The number of nitrogens with zero attached hydrogens (tertiary/aromatic N) is 2. The average Bonchev–Trinajstić information content (AvgIpc) is 3.65. The number of aromatic nitrogens is 1. The molecular weight excluding hydrogens is 468 g/mol. The maximum Gasteiger partial charge on any atom is 0.325 e. The summed E-state index contributed by atoms with van der Waals surface area (Å²) in [5.74, 6) is 0.179. The summed E-state index contributed by atoms with van der Waals surface area (Å²) in [4.78, 5) is 45.3. The van der Waals surface area contributed by atoms with Gasteiger partial charge in [0.05, 0.1) is 12.5 Å². The number of nitrogens with one attached hydrogen (secondary N) is 2. The van der Waals surface area contributed by atoms with Gasteiger partial charge < -0.3 is 19.5 Å². The first kappa shape index (κ1) is 21.4. The number of aryl methyl sites for hydroxylation is 1. The molecular formula is C25H20N4O5S. The first-order valence-corrected chi connectivity index (χ1v) is 12.0. The minimum atomic E-state index is -1.12. The van der Waals surface area contributed by atoms with Crippen LogP contribution in [0.1, 0.15) is 24.0 Å². The molecule has 176 valence electrons. The number of furan rings is 2. The second-order valence-corrected chi connectivity index (χ2v) is 9.44. The summed E-state index contributed by atoms with van der Waals surface area (Å²) >= 11 is 1.21. The average molecular weight is 489 g/mol. The zero-order valence-electron chi connectivity index (χ0n) is 18.4. The maximum absolute atomic E-state index is 13.4. The van der Waals surface area contributed by atoms with Crippen LogP contribution in [-0.2, 0) is 21.5 Å². The van der Waals surface area contributed by atoms with Crippen LogP contribution >= 0.6 is 11.3 Å². The van der Waals surface area contributed by atoms with Crippen molar-refractivity contribution in [3.8, 4) is 22.1 Å². The van der Waals surface area contributed by atoms with E-state index in [-0.39, 0.29) is 0 Å². The monoisotopic (exact) mass is 488 g/mol. The van der Waals surface area contributed by atoms with E-state index in [1.54, 1.807) is 30.5 Å². The van der Waals surface area contributed by atoms with Crippen LogP contribution in [0.5, 0.6) is 0 Å². The lowest BCUT2D eigenvalue weighted by atomic mass is 9.76. The van der Waals surface area contributed by atoms with Crippen molar-refractivity contribution in [2.24, 2.45) is 0 Å². The second-order valence-electron chi connectivity index (χ2n) is 8.44. The van der Waals surface area contributed by atoms with Gasteiger partial charge in [0.15, 0.2) is 10.9 Å². The van der Waals surface area contributed by atoms with Crippen molar-refractivity contribution in [3.05, 3.63) is 72.2 Å². The predicted octanol–water partition coefficient (Wildman–Crippen LogP) is 4.39. The number of thiazole rings is 1. The molecule has 9 nitrogen and oxygen atoms in total. The Balaban J connectivity index is 1.23. The van der Waals surface area contributed by atoms with E-state index in [4.69, 9.17) is 8.83 Å². The number of hydrogen-bond acceptors (Lipinski definition) is 7. The van der Waals surface area contributed by atoms with Crippen LogP contribution in [0.2, 0.25) is 0 Å². The third-order valence-corrected chi connectivity index (χ3v) is 7.31. The molecule has 1 aliphatic carbocycles. The van der Waals surface area contributed by atoms with Gasteiger partial charge in [-0.05, 0) is 54.7 Å². The molecule has 1 aromatic carbocycles. The van der Waals surface area contributed by atoms with Gasteiger partial charge >= 0.3 is 6.03 Å². The van der Waals surface area contributed by atoms with Gasteiger partial charge in [0.2, 0.25) is 5.91 Å². The van der Waals surface area contributed by atoms with Crippen LogP contribution < -0.4 is 10.6 Å². The van der Waals surface area contributed by atoms with Gasteiger partial charge in [-0.3, -0.25) is 14.5 Å². The maximum atomic E-state index is 13.4. The van der Waals surface area contributed by atoms with Crippen LogP contribution in [0, 0.1) is 0 Å². The van der Waals surface area contributed by atoms with Crippen LogP contribution in [-0.4, -0.2) is 34.3 Å². The lowest BCUT2D eigenvalue weighted by molar-refractivity contribution is -0.134. The first-order chi connectivity index (χ1) is 17.0. The Kier molecular flexibility index (Phi) is 5.03. The molecule has 2 N–H and O–H groups in total. The van der Waals surface area contributed by atoms with Gasteiger partial charge in [0.25, 0.3) is 5.91 Å². The van der Waals surface area contributed by atoms with E-state index in [1.165, 1.54) is 17.6 Å². The minimum absolute atomic E-state index is 0.303. The van der Waals surface area contributed by atoms with Crippen LogP contribution in [0.15, 0.2) is 69.9 Å². The Morgan fingerprint density at radius 2 is 1.86 bits per heavy atom. The third kappa shape index (κ3) is 3.53. The zero-order chi connectivity index (χ0) is 24.0. The molecule has 4 heterocycles. The van der Waals surface area contributed by atoms with Crippen molar-refractivity contribution in [1.82, 2.24) is 15.2 Å². The number of rotatable bonds is 5. The number of amides is 4. The van der Waals surface area contributed by atoms with Crippen molar-refractivity contribution in [2.75, 3.05) is 11.9 Å². The summed E-state index contributed by atoms with van der Waals surface area (Å²) in [7, 11) is 0. The highest BCUT2D eigenvalue weighted by Gasteiger charge is 2.54. The number of benzene rings is 1. The zero-order valence-corrected chi connectivity index (χ0v) is 19.3. The second kappa shape index (κ2) is 8.24. The molecule has 3 aromatic heterocycles. The van der Waals surface area contributed by atoms with Gasteiger partial charge in [0.1, 0.15) is 28.4 Å². The van der Waals surface area contributed by atoms with E-state index in [2.05, 4.69) is 15.6 Å². The van der Waals surface area contributed by atoms with E-state index in [9.17, 15) is 14.4 Å². The Morgan fingerprint density at radius 3 is 2.63 bits per heavy atom. The molecule has 35 heavy (non-hydrogen) atoms. The topological polar surface area (TPSA) is 118 Å². The van der Waals surface area contributed by atoms with E-state index in [0.717, 1.165) is 28.9 Å². The first-order valence-electron chi connectivity index (χ1n) is 11.2. The van der Waals surface area contributed by atoms with Gasteiger partial charge in [-0.15, -0.1) is 0 Å². The minimum Gasteiger partial charge on any atom is -0.463 e. The van der Waals surface area contributed by atoms with Crippen LogP contribution in [0.4, 0.5) is 9.93 Å². The Labute approximate surface area is 203 Å². The van der Waals surface area contributed by atoms with E-state index in [1.807, 2.05) is 24.3 Å². The molecule has 1 saturated heterocycles. The molecule has 6 rings (SSSR count). The van der Waals surface area contributed by atoms with Gasteiger partial charge in [0, 0.05) is 0 Å². The van der Waals surface area contributed by atoms with Crippen molar-refractivity contribution in [1.29, 1.82) is 0 Å². The molecule has 1 spiro atoms. The van der Waals surface area contributed by atoms with Gasteiger partial charge in [-0.2, -0.15) is 0 Å². The highest BCUT2D eigenvalue weighted by molar-refractivity contribution is 7.19. The highest BCUT2D eigenvalue weighted by atomic mass is 32.1. The lowest BCUT2D eigenvalue weighted by Gasteiger charge is -2.33. The molecule has 2 aliphatic rings. The summed E-state index contributed by atoms with van der Waals surface area (Å²) in [6.45, 7) is -0.416. The highest BCUT2D eigenvalue weighted by Crippen LogP contribution is 2.41. The van der Waals surface area contributed by atoms with Crippen LogP contribution in [0.3, 0.4) is 0 Å². The fourth-order valence-electron chi connectivity index (χ4n) is 4.79. The molecule has 4 aromatic rings. The van der Waals surface area contributed by atoms with Crippen molar-refractivity contribution in [3.63, 3.8) is 0 Å². The molecule has 4 amide bonds. The SMILES string of the molecule is O=C(CN1C(=O)NC2(CCCc3ccccc32)C1=O)Nc1nc(-c2ccco2)c(-c2ccco2)s1. The molecule has 0 saturated carbocycles. The summed E-state index contributed by atoms with van der Waals surface area (Å²) in [6, 6.07) is 14.1. The van der Waals surface area contributed by atoms with E-state index in [0.29, 0.717) is 33.6 Å². The Morgan fingerprint density at radius 1 is 1.09 bits per heavy atom. The molecule has 1 unspecified atom stereocenters. The lowest BCUT2D eigenvalue weighted by Crippen LogP contribution is -2.47. The summed E-state index contributed by atoms with van der Waals surface area (Å²) in [5.41, 5.74) is 1.25. The van der Waals surface area contributed by atoms with Gasteiger partial charge in [-0.1, -0.05) is 35.6 Å². The summed E-state index contributed by atoms with van der Waals surface area (Å²) in [6.07, 6.45) is 5.21. The number of carbonyl (C=O) groups is 3. The largest absolute Gasteiger partial charge is 0.463 e. The number of imide groups is 1. The molecule has 1 aliphatic heterocycles. The molecule has 1 atom stereocenters. The predicted molar refractivity (Wildman–Crippen MR) is 127 cm³/mol. The molecule has 0 bridgehead atoms. The fraction of sp³-hybridized carbons (Fsp3) is 0.200. The van der Waals surface area contributed by atoms with E-state index < -0.39 is 29.9 Å². The number of carbonyl (C=O) groups excluding carboxylic acids is 3. The van der Waals surface area contributed by atoms with Crippen molar-refractivity contribution >= 4 is 34.3 Å². The molecule has 0 radical (unpaired) electrons. The summed E-state index contributed by atoms with van der Waals surface area (Å²) < 4.78 is 11.0. The Bertz CT molecular complexity index is 1370. The van der Waals surface area contributed by atoms with Crippen molar-refractivity contribution < 1.29 is 23.2 Å². The third-order valence-electron chi connectivity index (χ3n) is 6.33. The van der Waals surface area contributed by atoms with Gasteiger partial charge in [-0.25, -0.2) is 9.78 Å². The number of fused-ring (bicyclic) bond motifs is 2.